The van der Waals surface area contributed by atoms with Crippen LogP contribution in [0, 0.1) is 0 Å². The van der Waals surface area contributed by atoms with Crippen LogP contribution in [0.5, 0.6) is 0 Å². The molecule has 3 rings (SSSR count). The molecule has 110 valence electrons. The van der Waals surface area contributed by atoms with Crippen LogP contribution in [0.15, 0.2) is 60.1 Å². The zero-order valence-corrected chi connectivity index (χ0v) is 12.3. The first-order valence-corrected chi connectivity index (χ1v) is 7.49. The Morgan fingerprint density at radius 1 is 1.18 bits per heavy atom. The van der Waals surface area contributed by atoms with Gasteiger partial charge in [-0.15, -0.1) is 0 Å². The second-order valence-corrected chi connectivity index (χ2v) is 5.36. The fraction of sp³-hybridized carbons (Fsp3) is 0.0667. The second kappa shape index (κ2) is 6.40. The van der Waals surface area contributed by atoms with E-state index in [0.717, 1.165) is 22.9 Å². The van der Waals surface area contributed by atoms with E-state index in [1.54, 1.807) is 23.1 Å². The van der Waals surface area contributed by atoms with Crippen LogP contribution in [0.25, 0.3) is 16.9 Å². The van der Waals surface area contributed by atoms with Gasteiger partial charge in [0.15, 0.2) is 11.0 Å². The highest BCUT2D eigenvalue weighted by molar-refractivity contribution is 7.99. The third kappa shape index (κ3) is 3.32. The Morgan fingerprint density at radius 2 is 2.00 bits per heavy atom. The summed E-state index contributed by atoms with van der Waals surface area (Å²) in [7, 11) is 0. The fourth-order valence-electron chi connectivity index (χ4n) is 1.88. The molecule has 1 N–H and O–H groups in total. The lowest BCUT2D eigenvalue weighted by Crippen LogP contribution is -2.02. The van der Waals surface area contributed by atoms with Crippen molar-refractivity contribution in [2.45, 2.75) is 5.16 Å². The highest BCUT2D eigenvalue weighted by atomic mass is 32.2. The van der Waals surface area contributed by atoms with Gasteiger partial charge >= 0.3 is 5.97 Å². The number of thioether (sulfide) groups is 1. The summed E-state index contributed by atoms with van der Waals surface area (Å²) in [4.78, 5) is 19.0. The van der Waals surface area contributed by atoms with Gasteiger partial charge in [0.25, 0.3) is 0 Å². The van der Waals surface area contributed by atoms with Gasteiger partial charge in [0.05, 0.1) is 11.9 Å². The normalized spacial score (nSPS) is 10.5. The van der Waals surface area contributed by atoms with Gasteiger partial charge in [-0.2, -0.15) is 5.10 Å². The number of hydrogen-bond donors (Lipinski definition) is 1. The minimum absolute atomic E-state index is 0.0716. The van der Waals surface area contributed by atoms with Crippen LogP contribution in [0.2, 0.25) is 0 Å². The molecule has 0 saturated carbocycles. The Hall–Kier alpha value is -2.67. The highest BCUT2D eigenvalue weighted by Gasteiger charge is 2.07. The van der Waals surface area contributed by atoms with E-state index < -0.39 is 5.97 Å². The van der Waals surface area contributed by atoms with Gasteiger partial charge in [0.2, 0.25) is 0 Å². The van der Waals surface area contributed by atoms with E-state index in [9.17, 15) is 4.79 Å². The van der Waals surface area contributed by atoms with E-state index in [2.05, 4.69) is 15.1 Å². The number of benzene rings is 1. The molecule has 0 amide bonds. The van der Waals surface area contributed by atoms with Gasteiger partial charge in [-0.3, -0.25) is 4.79 Å². The van der Waals surface area contributed by atoms with Crippen LogP contribution in [-0.4, -0.2) is 36.6 Å². The molecule has 3 aromatic rings. The zero-order chi connectivity index (χ0) is 15.4. The molecule has 2 aromatic heterocycles. The number of rotatable bonds is 5. The minimum atomic E-state index is -0.899. The van der Waals surface area contributed by atoms with Crippen molar-refractivity contribution in [1.29, 1.82) is 0 Å². The summed E-state index contributed by atoms with van der Waals surface area (Å²) in [6.45, 7) is 0. The largest absolute Gasteiger partial charge is 0.481 e. The van der Waals surface area contributed by atoms with Crippen molar-refractivity contribution in [3.05, 3.63) is 55.0 Å². The molecule has 0 aliphatic heterocycles. The average Bonchev–Trinajstić information content (AvgIpc) is 3.04. The first-order chi connectivity index (χ1) is 10.7. The van der Waals surface area contributed by atoms with Crippen LogP contribution in [0.3, 0.4) is 0 Å². The molecule has 2 heterocycles. The second-order valence-electron chi connectivity index (χ2n) is 4.42. The number of hydrogen-bond acceptors (Lipinski definition) is 5. The van der Waals surface area contributed by atoms with Crippen LogP contribution < -0.4 is 0 Å². The van der Waals surface area contributed by atoms with E-state index in [0.29, 0.717) is 11.0 Å². The molecular weight excluding hydrogens is 300 g/mol. The van der Waals surface area contributed by atoms with Gasteiger partial charge in [-0.25, -0.2) is 14.6 Å². The summed E-state index contributed by atoms with van der Waals surface area (Å²) in [6.07, 6.45) is 5.24. The van der Waals surface area contributed by atoms with Crippen molar-refractivity contribution < 1.29 is 9.90 Å². The third-order valence-corrected chi connectivity index (χ3v) is 3.71. The van der Waals surface area contributed by atoms with E-state index >= 15 is 0 Å². The molecule has 22 heavy (non-hydrogen) atoms. The first-order valence-electron chi connectivity index (χ1n) is 6.50. The average molecular weight is 312 g/mol. The van der Waals surface area contributed by atoms with E-state index in [4.69, 9.17) is 5.11 Å². The number of aromatic nitrogens is 4. The highest BCUT2D eigenvalue weighted by Crippen LogP contribution is 2.20. The Bertz CT molecular complexity index is 789. The van der Waals surface area contributed by atoms with E-state index in [1.165, 1.54) is 0 Å². The smallest absolute Gasteiger partial charge is 0.313 e. The minimum Gasteiger partial charge on any atom is -0.481 e. The summed E-state index contributed by atoms with van der Waals surface area (Å²) in [6, 6.07) is 11.7. The molecule has 0 spiro atoms. The predicted octanol–water partition coefficient (Wildman–Crippen LogP) is 2.51. The maximum absolute atomic E-state index is 10.6. The van der Waals surface area contributed by atoms with Crippen LogP contribution in [0.4, 0.5) is 0 Å². The molecule has 0 atom stereocenters. The van der Waals surface area contributed by atoms with E-state index in [-0.39, 0.29) is 5.75 Å². The van der Waals surface area contributed by atoms with Gasteiger partial charge < -0.3 is 5.11 Å². The van der Waals surface area contributed by atoms with Crippen molar-refractivity contribution in [2.24, 2.45) is 0 Å². The quantitative estimate of drug-likeness (QED) is 0.576. The van der Waals surface area contributed by atoms with Crippen molar-refractivity contribution >= 4 is 17.7 Å². The lowest BCUT2D eigenvalue weighted by atomic mass is 10.1. The monoisotopic (exact) mass is 312 g/mol. The summed E-state index contributed by atoms with van der Waals surface area (Å²) in [5, 5.41) is 13.4. The lowest BCUT2D eigenvalue weighted by molar-refractivity contribution is -0.133. The SMILES string of the molecule is O=C(O)CSc1nccc(-n2cc(-c3ccccc3)cn2)n1. The molecule has 7 heteroatoms. The van der Waals surface area contributed by atoms with Crippen molar-refractivity contribution in [2.75, 3.05) is 5.75 Å². The number of aliphatic carboxylic acids is 1. The summed E-state index contributed by atoms with van der Waals surface area (Å²) >= 11 is 1.08. The number of carbonyl (C=O) groups is 1. The first kappa shape index (κ1) is 14.3. The van der Waals surface area contributed by atoms with Crippen molar-refractivity contribution in [1.82, 2.24) is 19.7 Å². The number of carboxylic acids is 1. The summed E-state index contributed by atoms with van der Waals surface area (Å²) in [5.41, 5.74) is 2.06. The molecule has 0 aliphatic carbocycles. The molecule has 0 saturated heterocycles. The Labute approximate surface area is 130 Å². The molecular formula is C15H12N4O2S. The standard InChI is InChI=1S/C15H12N4O2S/c20-14(21)10-22-15-16-7-6-13(18-15)19-9-12(8-17-19)11-4-2-1-3-5-11/h1-9H,10H2,(H,20,21). The maximum atomic E-state index is 10.6. The molecule has 1 aromatic carbocycles. The molecule has 0 bridgehead atoms. The van der Waals surface area contributed by atoms with Crippen molar-refractivity contribution in [3.8, 4) is 16.9 Å². The Balaban J connectivity index is 1.84. The van der Waals surface area contributed by atoms with Gasteiger partial charge in [-0.05, 0) is 5.56 Å². The van der Waals surface area contributed by atoms with Crippen LogP contribution in [-0.2, 0) is 4.79 Å². The van der Waals surface area contributed by atoms with Crippen LogP contribution >= 0.6 is 11.8 Å². The topological polar surface area (TPSA) is 80.9 Å². The lowest BCUT2D eigenvalue weighted by Gasteiger charge is -2.02. The maximum Gasteiger partial charge on any atom is 0.313 e. The van der Waals surface area contributed by atoms with Crippen molar-refractivity contribution in [3.63, 3.8) is 0 Å². The van der Waals surface area contributed by atoms with Gasteiger partial charge in [0, 0.05) is 24.0 Å². The van der Waals surface area contributed by atoms with Gasteiger partial charge in [-0.1, -0.05) is 42.1 Å². The summed E-state index contributed by atoms with van der Waals surface area (Å²) < 4.78 is 1.65. The zero-order valence-electron chi connectivity index (χ0n) is 11.5. The van der Waals surface area contributed by atoms with Gasteiger partial charge in [0.1, 0.15) is 0 Å². The summed E-state index contributed by atoms with van der Waals surface area (Å²) in [5.74, 6) is -0.368. The third-order valence-electron chi connectivity index (χ3n) is 2.87. The van der Waals surface area contributed by atoms with Crippen LogP contribution in [0.1, 0.15) is 0 Å². The Kier molecular flexibility index (Phi) is 4.15. The fourth-order valence-corrected chi connectivity index (χ4v) is 2.43. The predicted molar refractivity (Wildman–Crippen MR) is 82.9 cm³/mol. The number of carboxylic acid groups (broad SMARTS) is 1. The molecule has 6 nitrogen and oxygen atoms in total. The molecule has 0 unspecified atom stereocenters. The Morgan fingerprint density at radius 3 is 2.77 bits per heavy atom. The molecule has 0 radical (unpaired) electrons. The molecule has 0 fully saturated rings. The van der Waals surface area contributed by atoms with E-state index in [1.807, 2.05) is 36.5 Å². The number of nitrogens with zero attached hydrogens (tertiary/aromatic N) is 4. The molecule has 0 aliphatic rings.